The Bertz CT molecular complexity index is 773. The molecule has 1 N–H and O–H groups in total. The summed E-state index contributed by atoms with van der Waals surface area (Å²) < 4.78 is 57.6. The lowest BCUT2D eigenvalue weighted by molar-refractivity contribution is -0.143. The van der Waals surface area contributed by atoms with Crippen LogP contribution in [-0.2, 0) is 15.7 Å². The van der Waals surface area contributed by atoms with Crippen LogP contribution in [0.4, 0.5) is 17.6 Å². The average molecular weight is 346 g/mol. The van der Waals surface area contributed by atoms with Crippen molar-refractivity contribution >= 4 is 11.9 Å². The zero-order chi connectivity index (χ0) is 17.9. The van der Waals surface area contributed by atoms with Crippen molar-refractivity contribution in [3.8, 4) is 5.69 Å². The number of methoxy groups -OCH3 is 1. The van der Waals surface area contributed by atoms with Gasteiger partial charge in [0.25, 0.3) is 5.91 Å². The van der Waals surface area contributed by atoms with Crippen molar-refractivity contribution in [1.29, 1.82) is 0 Å². The Hall–Kier alpha value is -2.98. The Morgan fingerprint density at radius 1 is 1.33 bits per heavy atom. The van der Waals surface area contributed by atoms with E-state index in [0.29, 0.717) is 4.68 Å². The van der Waals surface area contributed by atoms with Crippen LogP contribution >= 0.6 is 0 Å². The van der Waals surface area contributed by atoms with Gasteiger partial charge in [-0.25, -0.2) is 9.07 Å². The van der Waals surface area contributed by atoms with Crippen molar-refractivity contribution < 1.29 is 31.9 Å². The van der Waals surface area contributed by atoms with Gasteiger partial charge < -0.3 is 10.1 Å². The number of esters is 1. The molecule has 0 saturated carbocycles. The summed E-state index contributed by atoms with van der Waals surface area (Å²) in [5, 5.41) is 8.40. The molecule has 1 amide bonds. The quantitative estimate of drug-likeness (QED) is 0.667. The molecule has 11 heteroatoms. The smallest absolute Gasteiger partial charge is 0.435 e. The fourth-order valence-electron chi connectivity index (χ4n) is 1.79. The zero-order valence-corrected chi connectivity index (χ0v) is 12.1. The van der Waals surface area contributed by atoms with Crippen molar-refractivity contribution in [1.82, 2.24) is 20.3 Å². The number of carbonyl (C=O) groups is 2. The molecule has 0 spiro atoms. The lowest BCUT2D eigenvalue weighted by Gasteiger charge is -2.11. The van der Waals surface area contributed by atoms with E-state index in [1.807, 2.05) is 5.32 Å². The molecule has 1 heterocycles. The molecule has 0 aliphatic carbocycles. The summed E-state index contributed by atoms with van der Waals surface area (Å²) in [7, 11) is 1.05. The van der Waals surface area contributed by atoms with Gasteiger partial charge >= 0.3 is 12.1 Å². The number of amides is 1. The van der Waals surface area contributed by atoms with Gasteiger partial charge in [-0.05, 0) is 18.2 Å². The fraction of sp³-hybridized carbons (Fsp3) is 0.231. The number of halogens is 4. The summed E-state index contributed by atoms with van der Waals surface area (Å²) in [5.41, 5.74) is -2.80. The van der Waals surface area contributed by atoms with E-state index in [2.05, 4.69) is 15.0 Å². The number of alkyl halides is 3. The fourth-order valence-corrected chi connectivity index (χ4v) is 1.79. The summed E-state index contributed by atoms with van der Waals surface area (Å²) in [6.45, 7) is -0.639. The third-order valence-electron chi connectivity index (χ3n) is 2.83. The molecule has 128 valence electrons. The highest BCUT2D eigenvalue weighted by Gasteiger charge is 2.42. The highest BCUT2D eigenvalue weighted by molar-refractivity contribution is 5.95. The summed E-state index contributed by atoms with van der Waals surface area (Å²) in [5.74, 6) is -2.90. The van der Waals surface area contributed by atoms with Gasteiger partial charge in [0, 0.05) is 0 Å². The molecular formula is C13H10F4N4O3. The van der Waals surface area contributed by atoms with Crippen LogP contribution in [-0.4, -0.2) is 40.5 Å². The minimum Gasteiger partial charge on any atom is -0.468 e. The van der Waals surface area contributed by atoms with Gasteiger partial charge in [0.05, 0.1) is 12.8 Å². The van der Waals surface area contributed by atoms with E-state index in [1.165, 1.54) is 12.1 Å². The van der Waals surface area contributed by atoms with Crippen molar-refractivity contribution in [2.75, 3.05) is 13.7 Å². The van der Waals surface area contributed by atoms with E-state index < -0.39 is 41.8 Å². The average Bonchev–Trinajstić information content (AvgIpc) is 2.97. The number of nitrogens with zero attached hydrogens (tertiary/aromatic N) is 3. The molecular weight excluding hydrogens is 336 g/mol. The molecule has 0 atom stereocenters. The van der Waals surface area contributed by atoms with Gasteiger partial charge in [0.15, 0.2) is 11.4 Å². The molecule has 0 fully saturated rings. The predicted molar refractivity (Wildman–Crippen MR) is 70.7 cm³/mol. The van der Waals surface area contributed by atoms with Crippen LogP contribution < -0.4 is 5.32 Å². The summed E-state index contributed by atoms with van der Waals surface area (Å²) in [4.78, 5) is 22.8. The number of aromatic nitrogens is 3. The normalized spacial score (nSPS) is 11.2. The van der Waals surface area contributed by atoms with E-state index in [9.17, 15) is 27.2 Å². The second kappa shape index (κ2) is 6.64. The molecule has 2 rings (SSSR count). The monoisotopic (exact) mass is 346 g/mol. The van der Waals surface area contributed by atoms with Crippen LogP contribution in [0.15, 0.2) is 24.3 Å². The number of benzene rings is 1. The van der Waals surface area contributed by atoms with Gasteiger partial charge in [-0.3, -0.25) is 9.59 Å². The lowest BCUT2D eigenvalue weighted by atomic mass is 10.2. The van der Waals surface area contributed by atoms with Crippen molar-refractivity contribution in [2.24, 2.45) is 0 Å². The molecule has 0 saturated heterocycles. The standard InChI is InChI=1S/C13H10F4N4O3/c1-24-9(22)6-18-12(23)10-11(13(15,16)17)21(20-19-10)8-4-2-3-7(14)5-8/h2-5H,6H2,1H3,(H,18,23). The third kappa shape index (κ3) is 3.67. The van der Waals surface area contributed by atoms with Crippen molar-refractivity contribution in [3.05, 3.63) is 41.5 Å². The van der Waals surface area contributed by atoms with E-state index in [4.69, 9.17) is 0 Å². The molecule has 0 aliphatic heterocycles. The largest absolute Gasteiger partial charge is 0.468 e. The molecule has 0 aliphatic rings. The highest BCUT2D eigenvalue weighted by Crippen LogP contribution is 2.32. The van der Waals surface area contributed by atoms with Gasteiger partial charge in [-0.2, -0.15) is 13.2 Å². The minimum absolute atomic E-state index is 0.262. The summed E-state index contributed by atoms with van der Waals surface area (Å²) >= 11 is 0. The second-order valence-corrected chi connectivity index (χ2v) is 4.43. The predicted octanol–water partition coefficient (Wildman–Crippen LogP) is 1.33. The first-order valence-electron chi connectivity index (χ1n) is 6.38. The molecule has 7 nitrogen and oxygen atoms in total. The maximum atomic E-state index is 13.3. The van der Waals surface area contributed by atoms with E-state index in [0.717, 1.165) is 19.2 Å². The van der Waals surface area contributed by atoms with Crippen LogP contribution in [0.2, 0.25) is 0 Å². The first-order valence-corrected chi connectivity index (χ1v) is 6.38. The zero-order valence-electron chi connectivity index (χ0n) is 12.1. The molecule has 1 aromatic heterocycles. The van der Waals surface area contributed by atoms with Gasteiger partial charge in [0.1, 0.15) is 12.4 Å². The summed E-state index contributed by atoms with van der Waals surface area (Å²) in [6.07, 6.45) is -4.99. The Balaban J connectivity index is 2.43. The van der Waals surface area contributed by atoms with Crippen LogP contribution in [0.25, 0.3) is 5.69 Å². The van der Waals surface area contributed by atoms with E-state index >= 15 is 0 Å². The topological polar surface area (TPSA) is 86.1 Å². The number of hydrogen-bond acceptors (Lipinski definition) is 5. The van der Waals surface area contributed by atoms with Gasteiger partial charge in [-0.15, -0.1) is 5.10 Å². The SMILES string of the molecule is COC(=O)CNC(=O)c1nnn(-c2cccc(F)c2)c1C(F)(F)F. The van der Waals surface area contributed by atoms with Crippen molar-refractivity contribution in [3.63, 3.8) is 0 Å². The van der Waals surface area contributed by atoms with Crippen LogP contribution in [0, 0.1) is 5.82 Å². The van der Waals surface area contributed by atoms with Crippen LogP contribution in [0.5, 0.6) is 0 Å². The Labute approximate surface area is 132 Å². The maximum Gasteiger partial charge on any atom is 0.435 e. The number of hydrogen-bond donors (Lipinski definition) is 1. The van der Waals surface area contributed by atoms with Gasteiger partial charge in [-0.1, -0.05) is 11.3 Å². The van der Waals surface area contributed by atoms with Gasteiger partial charge in [0.2, 0.25) is 0 Å². The Kier molecular flexibility index (Phi) is 4.81. The highest BCUT2D eigenvalue weighted by atomic mass is 19.4. The first kappa shape index (κ1) is 17.4. The third-order valence-corrected chi connectivity index (χ3v) is 2.83. The van der Waals surface area contributed by atoms with E-state index in [1.54, 1.807) is 0 Å². The maximum absolute atomic E-state index is 13.3. The number of ether oxygens (including phenoxy) is 1. The molecule has 24 heavy (non-hydrogen) atoms. The van der Waals surface area contributed by atoms with Crippen LogP contribution in [0.3, 0.4) is 0 Å². The minimum atomic E-state index is -4.99. The number of carbonyl (C=O) groups excluding carboxylic acids is 2. The molecule has 0 bridgehead atoms. The number of rotatable bonds is 4. The molecule has 0 radical (unpaired) electrons. The first-order chi connectivity index (χ1) is 11.2. The van der Waals surface area contributed by atoms with Crippen LogP contribution in [0.1, 0.15) is 16.2 Å². The molecule has 1 aromatic carbocycles. The Morgan fingerprint density at radius 3 is 2.62 bits per heavy atom. The second-order valence-electron chi connectivity index (χ2n) is 4.43. The summed E-state index contributed by atoms with van der Waals surface area (Å²) in [6, 6.07) is 4.20. The Morgan fingerprint density at radius 2 is 2.04 bits per heavy atom. The molecule has 0 unspecified atom stereocenters. The number of nitrogens with one attached hydrogen (secondary N) is 1. The molecule has 2 aromatic rings. The lowest BCUT2D eigenvalue weighted by Crippen LogP contribution is -2.32. The van der Waals surface area contributed by atoms with Crippen molar-refractivity contribution in [2.45, 2.75) is 6.18 Å². The van der Waals surface area contributed by atoms with E-state index in [-0.39, 0.29) is 5.69 Å².